The topological polar surface area (TPSA) is 26.3 Å². The molecule has 2 rings (SSSR count). The third-order valence-electron chi connectivity index (χ3n) is 2.40. The van der Waals surface area contributed by atoms with Crippen molar-refractivity contribution in [2.75, 3.05) is 6.61 Å². The van der Waals surface area contributed by atoms with Crippen LogP contribution in [0, 0.1) is 0 Å². The Morgan fingerprint density at radius 1 is 1.47 bits per heavy atom. The van der Waals surface area contributed by atoms with E-state index in [2.05, 4.69) is 22.5 Å². The third kappa shape index (κ3) is 2.12. The molecule has 0 atom stereocenters. The largest absolute Gasteiger partial charge is 0.488 e. The molecule has 0 fully saturated rings. The van der Waals surface area contributed by atoms with Crippen LogP contribution in [0.25, 0.3) is 0 Å². The summed E-state index contributed by atoms with van der Waals surface area (Å²) in [7, 11) is 0. The molecule has 3 heteroatoms. The minimum atomic E-state index is 0.181. The summed E-state index contributed by atoms with van der Waals surface area (Å²) in [6.45, 7) is 4.08. The maximum Gasteiger partial charge on any atom is 0.167 e. The van der Waals surface area contributed by atoms with Crippen LogP contribution >= 0.6 is 15.9 Å². The Morgan fingerprint density at radius 3 is 3.00 bits per heavy atom. The summed E-state index contributed by atoms with van der Waals surface area (Å²) in [5.41, 5.74) is 1.85. The van der Waals surface area contributed by atoms with Crippen molar-refractivity contribution in [1.29, 1.82) is 0 Å². The second-order valence-electron chi connectivity index (χ2n) is 3.52. The summed E-state index contributed by atoms with van der Waals surface area (Å²) in [6.07, 6.45) is 1.44. The number of benzene rings is 1. The summed E-state index contributed by atoms with van der Waals surface area (Å²) >= 11 is 3.22. The SMILES string of the molecule is C=C(Br)COc1cccc2c1C(=O)CC2. The number of hydrogen-bond acceptors (Lipinski definition) is 2. The molecule has 0 bridgehead atoms. The van der Waals surface area contributed by atoms with Gasteiger partial charge in [-0.15, -0.1) is 0 Å². The van der Waals surface area contributed by atoms with E-state index in [0.29, 0.717) is 18.8 Å². The molecule has 0 radical (unpaired) electrons. The van der Waals surface area contributed by atoms with Crippen LogP contribution in [0.3, 0.4) is 0 Å². The van der Waals surface area contributed by atoms with Crippen molar-refractivity contribution in [3.63, 3.8) is 0 Å². The molecular formula is C12H11BrO2. The zero-order valence-corrected chi connectivity index (χ0v) is 9.84. The summed E-state index contributed by atoms with van der Waals surface area (Å²) in [5, 5.41) is 0. The zero-order chi connectivity index (χ0) is 10.8. The molecule has 1 aliphatic rings. The van der Waals surface area contributed by atoms with Crippen LogP contribution in [0.1, 0.15) is 22.3 Å². The van der Waals surface area contributed by atoms with Gasteiger partial charge in [-0.05, 0) is 18.1 Å². The summed E-state index contributed by atoms with van der Waals surface area (Å²) in [5.74, 6) is 0.858. The van der Waals surface area contributed by atoms with Gasteiger partial charge in [0.2, 0.25) is 0 Å². The lowest BCUT2D eigenvalue weighted by atomic mass is 10.1. The average Bonchev–Trinajstić information content (AvgIpc) is 2.58. The summed E-state index contributed by atoms with van der Waals surface area (Å²) in [4.78, 5) is 11.6. The van der Waals surface area contributed by atoms with Gasteiger partial charge in [0.05, 0.1) is 5.56 Å². The van der Waals surface area contributed by atoms with E-state index >= 15 is 0 Å². The van der Waals surface area contributed by atoms with E-state index in [0.717, 1.165) is 22.0 Å². The Kier molecular flexibility index (Phi) is 2.91. The number of Topliss-reactive ketones (excluding diaryl/α,β-unsaturated/α-hetero) is 1. The Morgan fingerprint density at radius 2 is 2.27 bits per heavy atom. The van der Waals surface area contributed by atoms with Crippen molar-refractivity contribution in [1.82, 2.24) is 0 Å². The molecule has 1 aromatic carbocycles. The number of carbonyl (C=O) groups is 1. The summed E-state index contributed by atoms with van der Waals surface area (Å²) < 4.78 is 6.28. The second kappa shape index (κ2) is 4.19. The molecule has 78 valence electrons. The molecule has 0 saturated heterocycles. The molecule has 0 saturated carbocycles. The van der Waals surface area contributed by atoms with Gasteiger partial charge in [-0.3, -0.25) is 4.79 Å². The lowest BCUT2D eigenvalue weighted by Crippen LogP contribution is -2.02. The smallest absolute Gasteiger partial charge is 0.167 e. The van der Waals surface area contributed by atoms with Gasteiger partial charge in [0, 0.05) is 10.9 Å². The number of aryl methyl sites for hydroxylation is 1. The first-order valence-electron chi connectivity index (χ1n) is 4.79. The number of halogens is 1. The number of ketones is 1. The predicted molar refractivity (Wildman–Crippen MR) is 62.7 cm³/mol. The maximum absolute atomic E-state index is 11.6. The van der Waals surface area contributed by atoms with E-state index in [4.69, 9.17) is 4.74 Å². The molecule has 0 N–H and O–H groups in total. The lowest BCUT2D eigenvalue weighted by molar-refractivity contribution is 0.0991. The number of fused-ring (bicyclic) bond motifs is 1. The molecule has 2 nitrogen and oxygen atoms in total. The Balaban J connectivity index is 2.28. The van der Waals surface area contributed by atoms with Crippen molar-refractivity contribution in [3.8, 4) is 5.75 Å². The summed E-state index contributed by atoms with van der Waals surface area (Å²) in [6, 6.07) is 5.73. The van der Waals surface area contributed by atoms with Gasteiger partial charge < -0.3 is 4.74 Å². The lowest BCUT2D eigenvalue weighted by Gasteiger charge is -2.08. The quantitative estimate of drug-likeness (QED) is 0.841. The first-order chi connectivity index (χ1) is 7.18. The number of rotatable bonds is 3. The fourth-order valence-corrected chi connectivity index (χ4v) is 1.87. The molecule has 0 amide bonds. The number of carbonyl (C=O) groups excluding carboxylic acids is 1. The molecule has 0 aromatic heterocycles. The highest BCUT2D eigenvalue weighted by atomic mass is 79.9. The van der Waals surface area contributed by atoms with Crippen LogP contribution in [0.5, 0.6) is 5.75 Å². The van der Waals surface area contributed by atoms with Crippen molar-refractivity contribution >= 4 is 21.7 Å². The number of hydrogen-bond donors (Lipinski definition) is 0. The van der Waals surface area contributed by atoms with E-state index < -0.39 is 0 Å². The van der Waals surface area contributed by atoms with Crippen molar-refractivity contribution in [2.45, 2.75) is 12.8 Å². The van der Waals surface area contributed by atoms with Crippen LogP contribution < -0.4 is 4.74 Å². The molecule has 0 unspecified atom stereocenters. The van der Waals surface area contributed by atoms with Crippen LogP contribution in [-0.2, 0) is 6.42 Å². The highest BCUT2D eigenvalue weighted by Gasteiger charge is 2.23. The highest BCUT2D eigenvalue weighted by molar-refractivity contribution is 9.11. The van der Waals surface area contributed by atoms with Gasteiger partial charge >= 0.3 is 0 Å². The van der Waals surface area contributed by atoms with Crippen LogP contribution in [0.2, 0.25) is 0 Å². The van der Waals surface area contributed by atoms with Gasteiger partial charge in [-0.25, -0.2) is 0 Å². The molecular weight excluding hydrogens is 256 g/mol. The molecule has 0 spiro atoms. The third-order valence-corrected chi connectivity index (χ3v) is 2.63. The first-order valence-corrected chi connectivity index (χ1v) is 5.59. The minimum Gasteiger partial charge on any atom is -0.488 e. The highest BCUT2D eigenvalue weighted by Crippen LogP contribution is 2.30. The molecule has 0 heterocycles. The van der Waals surface area contributed by atoms with Crippen molar-refractivity contribution in [2.24, 2.45) is 0 Å². The monoisotopic (exact) mass is 266 g/mol. The van der Waals surface area contributed by atoms with Crippen molar-refractivity contribution in [3.05, 3.63) is 40.4 Å². The Labute approximate surface area is 97.1 Å². The van der Waals surface area contributed by atoms with Crippen molar-refractivity contribution < 1.29 is 9.53 Å². The van der Waals surface area contributed by atoms with Gasteiger partial charge in [0.15, 0.2) is 5.78 Å². The van der Waals surface area contributed by atoms with Gasteiger partial charge in [0.25, 0.3) is 0 Å². The van der Waals surface area contributed by atoms with Crippen LogP contribution in [-0.4, -0.2) is 12.4 Å². The second-order valence-corrected chi connectivity index (χ2v) is 4.64. The minimum absolute atomic E-state index is 0.181. The fraction of sp³-hybridized carbons (Fsp3) is 0.250. The standard InChI is InChI=1S/C12H11BrO2/c1-8(13)7-15-11-4-2-3-9-5-6-10(14)12(9)11/h2-4H,1,5-7H2. The van der Waals surface area contributed by atoms with E-state index in [9.17, 15) is 4.79 Å². The predicted octanol–water partition coefficient (Wildman–Crippen LogP) is 3.10. The van der Waals surface area contributed by atoms with E-state index in [-0.39, 0.29) is 5.78 Å². The number of ether oxygens (including phenoxy) is 1. The van der Waals surface area contributed by atoms with E-state index in [1.807, 2.05) is 18.2 Å². The fourth-order valence-electron chi connectivity index (χ4n) is 1.75. The average molecular weight is 267 g/mol. The Hall–Kier alpha value is -1.09. The maximum atomic E-state index is 11.6. The molecule has 15 heavy (non-hydrogen) atoms. The van der Waals surface area contributed by atoms with Gasteiger partial charge in [-0.2, -0.15) is 0 Å². The van der Waals surface area contributed by atoms with E-state index in [1.165, 1.54) is 0 Å². The molecule has 1 aromatic rings. The molecule has 1 aliphatic carbocycles. The van der Waals surface area contributed by atoms with Crippen LogP contribution in [0.4, 0.5) is 0 Å². The van der Waals surface area contributed by atoms with Gasteiger partial charge in [-0.1, -0.05) is 34.6 Å². The Bertz CT molecular complexity index is 424. The zero-order valence-electron chi connectivity index (χ0n) is 8.25. The van der Waals surface area contributed by atoms with Gasteiger partial charge in [0.1, 0.15) is 12.4 Å². The first kappa shape index (κ1) is 10.4. The van der Waals surface area contributed by atoms with E-state index in [1.54, 1.807) is 0 Å². The van der Waals surface area contributed by atoms with Crippen LogP contribution in [0.15, 0.2) is 29.3 Å². The molecule has 0 aliphatic heterocycles. The normalized spacial score (nSPS) is 13.8.